The smallest absolute Gasteiger partial charge is 0.315 e. The van der Waals surface area contributed by atoms with Gasteiger partial charge in [-0.15, -0.1) is 0 Å². The molecule has 1 aliphatic heterocycles. The topological polar surface area (TPSA) is 57.6 Å². The summed E-state index contributed by atoms with van der Waals surface area (Å²) < 4.78 is 0. The third-order valence-corrected chi connectivity index (χ3v) is 2.71. The first-order valence-corrected chi connectivity index (χ1v) is 5.04. The largest absolute Gasteiger partial charge is 0.481 e. The van der Waals surface area contributed by atoms with E-state index in [2.05, 4.69) is 6.92 Å². The summed E-state index contributed by atoms with van der Waals surface area (Å²) in [7, 11) is 0. The minimum Gasteiger partial charge on any atom is -0.481 e. The summed E-state index contributed by atoms with van der Waals surface area (Å²) in [5, 5.41) is 8.70. The number of carbonyl (C=O) groups excluding carboxylic acids is 1. The number of rotatable bonds is 2. The average molecular weight is 199 g/mol. The summed E-state index contributed by atoms with van der Waals surface area (Å²) in [5.41, 5.74) is 0. The van der Waals surface area contributed by atoms with Crippen LogP contribution in [0.25, 0.3) is 0 Å². The lowest BCUT2D eigenvalue weighted by Gasteiger charge is -2.31. The van der Waals surface area contributed by atoms with Crippen molar-refractivity contribution in [1.29, 1.82) is 0 Å². The number of nitrogens with zero attached hydrogens (tertiary/aromatic N) is 1. The van der Waals surface area contributed by atoms with E-state index in [9.17, 15) is 9.59 Å². The lowest BCUT2D eigenvalue weighted by Crippen LogP contribution is -2.43. The van der Waals surface area contributed by atoms with Crippen LogP contribution in [-0.4, -0.2) is 35.0 Å². The van der Waals surface area contributed by atoms with Crippen LogP contribution in [0.3, 0.4) is 0 Å². The molecule has 0 bridgehead atoms. The predicted molar refractivity (Wildman–Crippen MR) is 51.8 cm³/mol. The molecule has 0 aromatic carbocycles. The molecule has 1 fully saturated rings. The van der Waals surface area contributed by atoms with Crippen LogP contribution in [0.5, 0.6) is 0 Å². The first-order valence-electron chi connectivity index (χ1n) is 5.04. The summed E-state index contributed by atoms with van der Waals surface area (Å²) in [5.74, 6) is -1.69. The second-order valence-electron chi connectivity index (χ2n) is 4.09. The number of hydrogen-bond donors (Lipinski definition) is 1. The van der Waals surface area contributed by atoms with E-state index in [0.29, 0.717) is 19.0 Å². The zero-order chi connectivity index (χ0) is 10.7. The van der Waals surface area contributed by atoms with Gasteiger partial charge in [0.15, 0.2) is 0 Å². The fourth-order valence-corrected chi connectivity index (χ4v) is 1.77. The Morgan fingerprint density at radius 2 is 2.14 bits per heavy atom. The lowest BCUT2D eigenvalue weighted by atomic mass is 9.99. The molecule has 0 aliphatic carbocycles. The summed E-state index contributed by atoms with van der Waals surface area (Å²) in [6, 6.07) is 0. The molecule has 0 radical (unpaired) electrons. The number of hydrogen-bond acceptors (Lipinski definition) is 2. The third kappa shape index (κ3) is 2.47. The van der Waals surface area contributed by atoms with E-state index in [-0.39, 0.29) is 5.91 Å². The van der Waals surface area contributed by atoms with Gasteiger partial charge in [-0.3, -0.25) is 9.59 Å². The fourth-order valence-electron chi connectivity index (χ4n) is 1.77. The van der Waals surface area contributed by atoms with Gasteiger partial charge in [0.1, 0.15) is 5.92 Å². The van der Waals surface area contributed by atoms with Crippen LogP contribution in [0, 0.1) is 11.8 Å². The van der Waals surface area contributed by atoms with Gasteiger partial charge in [-0.2, -0.15) is 0 Å². The number of carbonyl (C=O) groups is 2. The Hall–Kier alpha value is -1.06. The van der Waals surface area contributed by atoms with Crippen LogP contribution in [-0.2, 0) is 9.59 Å². The molecule has 1 aliphatic rings. The summed E-state index contributed by atoms with van der Waals surface area (Å²) in [4.78, 5) is 23.9. The van der Waals surface area contributed by atoms with Crippen molar-refractivity contribution in [2.45, 2.75) is 26.7 Å². The van der Waals surface area contributed by atoms with Gasteiger partial charge in [0.2, 0.25) is 5.91 Å². The molecular formula is C10H17NO3. The van der Waals surface area contributed by atoms with Gasteiger partial charge in [0, 0.05) is 13.1 Å². The Balaban J connectivity index is 2.55. The van der Waals surface area contributed by atoms with Crippen LogP contribution >= 0.6 is 0 Å². The van der Waals surface area contributed by atoms with Gasteiger partial charge in [-0.25, -0.2) is 0 Å². The Morgan fingerprint density at radius 1 is 1.50 bits per heavy atom. The van der Waals surface area contributed by atoms with Crippen LogP contribution < -0.4 is 0 Å². The summed E-state index contributed by atoms with van der Waals surface area (Å²) in [6.45, 7) is 4.95. The highest BCUT2D eigenvalue weighted by Gasteiger charge is 2.28. The van der Waals surface area contributed by atoms with E-state index in [1.165, 1.54) is 6.92 Å². The van der Waals surface area contributed by atoms with E-state index in [4.69, 9.17) is 5.11 Å². The molecule has 4 nitrogen and oxygen atoms in total. The van der Waals surface area contributed by atoms with Crippen molar-refractivity contribution in [3.63, 3.8) is 0 Å². The second-order valence-corrected chi connectivity index (χ2v) is 4.09. The number of carboxylic acid groups (broad SMARTS) is 1. The van der Waals surface area contributed by atoms with Gasteiger partial charge < -0.3 is 10.0 Å². The molecule has 0 saturated carbocycles. The van der Waals surface area contributed by atoms with Crippen molar-refractivity contribution in [2.24, 2.45) is 11.8 Å². The zero-order valence-electron chi connectivity index (χ0n) is 8.69. The monoisotopic (exact) mass is 199 g/mol. The van der Waals surface area contributed by atoms with Gasteiger partial charge in [-0.1, -0.05) is 6.92 Å². The molecule has 80 valence electrons. The molecule has 1 amide bonds. The van der Waals surface area contributed by atoms with Gasteiger partial charge in [0.25, 0.3) is 0 Å². The molecule has 2 atom stereocenters. The molecule has 1 N–H and O–H groups in total. The molecule has 0 spiro atoms. The lowest BCUT2D eigenvalue weighted by molar-refractivity contribution is -0.151. The average Bonchev–Trinajstić information content (AvgIpc) is 2.15. The first kappa shape index (κ1) is 11.0. The van der Waals surface area contributed by atoms with Crippen molar-refractivity contribution in [1.82, 2.24) is 4.90 Å². The Labute approximate surface area is 83.9 Å². The van der Waals surface area contributed by atoms with Crippen molar-refractivity contribution in [3.05, 3.63) is 0 Å². The van der Waals surface area contributed by atoms with Gasteiger partial charge in [0.05, 0.1) is 0 Å². The maximum absolute atomic E-state index is 11.6. The first-order chi connectivity index (χ1) is 6.52. The van der Waals surface area contributed by atoms with Crippen molar-refractivity contribution >= 4 is 11.9 Å². The van der Waals surface area contributed by atoms with Crippen molar-refractivity contribution < 1.29 is 14.7 Å². The van der Waals surface area contributed by atoms with Gasteiger partial charge >= 0.3 is 5.97 Å². The SMILES string of the molecule is CC1CCCN(C(=O)C(C)C(=O)O)C1. The van der Waals surface area contributed by atoms with Crippen LogP contribution in [0.15, 0.2) is 0 Å². The molecule has 4 heteroatoms. The maximum Gasteiger partial charge on any atom is 0.315 e. The molecule has 1 heterocycles. The molecule has 0 aromatic rings. The van der Waals surface area contributed by atoms with Crippen molar-refractivity contribution in [2.75, 3.05) is 13.1 Å². The fraction of sp³-hybridized carbons (Fsp3) is 0.800. The molecule has 14 heavy (non-hydrogen) atoms. The van der Waals surface area contributed by atoms with Crippen LogP contribution in [0.4, 0.5) is 0 Å². The van der Waals surface area contributed by atoms with Crippen LogP contribution in [0.1, 0.15) is 26.7 Å². The minimum absolute atomic E-state index is 0.246. The quantitative estimate of drug-likeness (QED) is 0.674. The summed E-state index contributed by atoms with van der Waals surface area (Å²) in [6.07, 6.45) is 2.12. The number of aliphatic carboxylic acids is 1. The van der Waals surface area contributed by atoms with E-state index in [1.54, 1.807) is 4.90 Å². The number of amides is 1. The van der Waals surface area contributed by atoms with Crippen molar-refractivity contribution in [3.8, 4) is 0 Å². The molecule has 2 unspecified atom stereocenters. The van der Waals surface area contributed by atoms with E-state index in [0.717, 1.165) is 12.8 Å². The second kappa shape index (κ2) is 4.44. The molecule has 1 rings (SSSR count). The summed E-state index contributed by atoms with van der Waals surface area (Å²) >= 11 is 0. The highest BCUT2D eigenvalue weighted by atomic mass is 16.4. The van der Waals surface area contributed by atoms with E-state index in [1.807, 2.05) is 0 Å². The highest BCUT2D eigenvalue weighted by Crippen LogP contribution is 2.17. The predicted octanol–water partition coefficient (Wildman–Crippen LogP) is 0.966. The van der Waals surface area contributed by atoms with E-state index < -0.39 is 11.9 Å². The van der Waals surface area contributed by atoms with E-state index >= 15 is 0 Å². The number of piperidine rings is 1. The normalized spacial score (nSPS) is 24.4. The Morgan fingerprint density at radius 3 is 2.64 bits per heavy atom. The van der Waals surface area contributed by atoms with Gasteiger partial charge in [-0.05, 0) is 25.7 Å². The Kier molecular flexibility index (Phi) is 3.49. The van der Waals surface area contributed by atoms with Crippen LogP contribution in [0.2, 0.25) is 0 Å². The number of likely N-dealkylation sites (tertiary alicyclic amines) is 1. The molecule has 1 saturated heterocycles. The number of carboxylic acids is 1. The standard InChI is InChI=1S/C10H17NO3/c1-7-4-3-5-11(6-7)9(12)8(2)10(13)14/h7-8H,3-6H2,1-2H3,(H,13,14). The third-order valence-electron chi connectivity index (χ3n) is 2.71. The Bertz CT molecular complexity index is 240. The highest BCUT2D eigenvalue weighted by molar-refractivity contribution is 5.96. The zero-order valence-corrected chi connectivity index (χ0v) is 8.69. The maximum atomic E-state index is 11.6. The minimum atomic E-state index is -1.03. The molecular weight excluding hydrogens is 182 g/mol. The molecule has 0 aromatic heterocycles.